The van der Waals surface area contributed by atoms with Gasteiger partial charge in [0.2, 0.25) is 0 Å². The van der Waals surface area contributed by atoms with Gasteiger partial charge in [0.25, 0.3) is 0 Å². The molecular weight excluding hydrogens is 219 g/mol. The van der Waals surface area contributed by atoms with Crippen LogP contribution in [0.15, 0.2) is 48.5 Å². The molecule has 2 aromatic rings. The Hall–Kier alpha value is -1.83. The zero-order chi connectivity index (χ0) is 13.0. The third-order valence-electron chi connectivity index (χ3n) is 2.97. The van der Waals surface area contributed by atoms with Crippen molar-refractivity contribution in [2.24, 2.45) is 0 Å². The number of rotatable bonds is 4. The summed E-state index contributed by atoms with van der Waals surface area (Å²) >= 11 is 0. The van der Waals surface area contributed by atoms with E-state index in [1.807, 2.05) is 24.3 Å². The normalized spacial score (nSPS) is 10.3. The first-order valence-corrected chi connectivity index (χ1v) is 6.26. The number of hydrogen-bond donors (Lipinski definition) is 0. The summed E-state index contributed by atoms with van der Waals surface area (Å²) in [5.41, 5.74) is 4.62. The van der Waals surface area contributed by atoms with E-state index in [4.69, 9.17) is 0 Å². The first-order chi connectivity index (χ1) is 8.63. The Kier molecular flexibility index (Phi) is 3.98. The van der Waals surface area contributed by atoms with Crippen LogP contribution in [0.1, 0.15) is 16.7 Å². The number of ketones is 1. The zero-order valence-corrected chi connectivity index (χ0v) is 10.9. The fourth-order valence-corrected chi connectivity index (χ4v) is 2.16. The Morgan fingerprint density at radius 2 is 1.61 bits per heavy atom. The Balaban J connectivity index is 2.01. The van der Waals surface area contributed by atoms with Crippen LogP contribution in [-0.2, 0) is 17.6 Å². The monoisotopic (exact) mass is 236 g/mol. The summed E-state index contributed by atoms with van der Waals surface area (Å²) in [7, 11) is 2.05. The van der Waals surface area contributed by atoms with Gasteiger partial charge >= 0.3 is 0 Å². The highest BCUT2D eigenvalue weighted by atomic mass is 16.1. The molecule has 0 spiro atoms. The number of carbonyl (C=O) groups excluding carboxylic acids is 1. The van der Waals surface area contributed by atoms with Crippen molar-refractivity contribution in [1.29, 1.82) is 0 Å². The van der Waals surface area contributed by atoms with E-state index in [2.05, 4.69) is 39.0 Å². The molecule has 0 amide bonds. The molecule has 18 heavy (non-hydrogen) atoms. The van der Waals surface area contributed by atoms with Crippen LogP contribution in [0.25, 0.3) is 0 Å². The number of aryl methyl sites for hydroxylation is 1. The highest BCUT2D eigenvalue weighted by Crippen LogP contribution is 2.07. The standard InChI is InChI=1S/C16H17BO/c1-12-4-2-5-13(8-12)10-16(18)11-14-6-3-7-15(17)9-14/h2-9H,10-11,17H2,1H3. The maximum absolute atomic E-state index is 12.0. The summed E-state index contributed by atoms with van der Waals surface area (Å²) in [6, 6.07) is 16.3. The minimum atomic E-state index is 0.270. The van der Waals surface area contributed by atoms with E-state index in [-0.39, 0.29) is 5.78 Å². The van der Waals surface area contributed by atoms with Crippen LogP contribution in [-0.4, -0.2) is 13.6 Å². The Morgan fingerprint density at radius 3 is 2.22 bits per heavy atom. The van der Waals surface area contributed by atoms with Gasteiger partial charge in [-0.15, -0.1) is 0 Å². The van der Waals surface area contributed by atoms with Crippen molar-refractivity contribution >= 4 is 19.1 Å². The van der Waals surface area contributed by atoms with Crippen molar-refractivity contribution < 1.29 is 4.79 Å². The van der Waals surface area contributed by atoms with Gasteiger partial charge in [-0.1, -0.05) is 59.6 Å². The second-order valence-electron chi connectivity index (χ2n) is 4.87. The number of benzene rings is 2. The van der Waals surface area contributed by atoms with E-state index in [1.165, 1.54) is 11.0 Å². The van der Waals surface area contributed by atoms with Crippen LogP contribution in [0.3, 0.4) is 0 Å². The van der Waals surface area contributed by atoms with Crippen LogP contribution in [0.4, 0.5) is 0 Å². The topological polar surface area (TPSA) is 17.1 Å². The fraction of sp³-hybridized carbons (Fsp3) is 0.188. The van der Waals surface area contributed by atoms with Gasteiger partial charge in [-0.05, 0) is 18.1 Å². The molecule has 0 radical (unpaired) electrons. The summed E-state index contributed by atoms with van der Waals surface area (Å²) in [6.07, 6.45) is 1.05. The Bertz CT molecular complexity index is 511. The quantitative estimate of drug-likeness (QED) is 0.737. The molecule has 0 fully saturated rings. The highest BCUT2D eigenvalue weighted by molar-refractivity contribution is 6.32. The lowest BCUT2D eigenvalue weighted by molar-refractivity contribution is -0.117. The van der Waals surface area contributed by atoms with Gasteiger partial charge in [0.15, 0.2) is 0 Å². The maximum Gasteiger partial charge on any atom is 0.141 e. The van der Waals surface area contributed by atoms with Gasteiger partial charge in [-0.2, -0.15) is 0 Å². The van der Waals surface area contributed by atoms with E-state index in [1.54, 1.807) is 0 Å². The second-order valence-corrected chi connectivity index (χ2v) is 4.87. The average molecular weight is 236 g/mol. The summed E-state index contributed by atoms with van der Waals surface area (Å²) in [5, 5.41) is 0. The molecule has 0 aliphatic carbocycles. The Labute approximate surface area is 109 Å². The van der Waals surface area contributed by atoms with Crippen molar-refractivity contribution in [3.63, 3.8) is 0 Å². The molecule has 0 saturated carbocycles. The van der Waals surface area contributed by atoms with Gasteiger partial charge in [-0.25, -0.2) is 0 Å². The van der Waals surface area contributed by atoms with E-state index >= 15 is 0 Å². The lowest BCUT2D eigenvalue weighted by atomic mass is 9.92. The predicted molar refractivity (Wildman–Crippen MR) is 78.2 cm³/mol. The molecule has 0 unspecified atom stereocenters. The molecule has 0 atom stereocenters. The third-order valence-corrected chi connectivity index (χ3v) is 2.97. The van der Waals surface area contributed by atoms with Gasteiger partial charge < -0.3 is 0 Å². The van der Waals surface area contributed by atoms with Crippen LogP contribution in [0, 0.1) is 6.92 Å². The first-order valence-electron chi connectivity index (χ1n) is 6.26. The zero-order valence-electron chi connectivity index (χ0n) is 10.9. The molecule has 90 valence electrons. The van der Waals surface area contributed by atoms with Crippen LogP contribution in [0.2, 0.25) is 0 Å². The van der Waals surface area contributed by atoms with Gasteiger partial charge in [0, 0.05) is 12.8 Å². The van der Waals surface area contributed by atoms with Gasteiger partial charge in [-0.3, -0.25) is 4.79 Å². The SMILES string of the molecule is Bc1cccc(CC(=O)Cc2cccc(C)c2)c1. The number of carbonyl (C=O) groups is 1. The Morgan fingerprint density at radius 1 is 1.00 bits per heavy atom. The molecule has 0 heterocycles. The highest BCUT2D eigenvalue weighted by Gasteiger charge is 2.05. The summed E-state index contributed by atoms with van der Waals surface area (Å²) < 4.78 is 0. The van der Waals surface area contributed by atoms with Crippen molar-refractivity contribution in [2.75, 3.05) is 0 Å². The molecule has 0 aliphatic rings. The van der Waals surface area contributed by atoms with Crippen molar-refractivity contribution in [2.45, 2.75) is 19.8 Å². The molecule has 0 aromatic heterocycles. The molecule has 2 aromatic carbocycles. The third kappa shape index (κ3) is 3.59. The van der Waals surface area contributed by atoms with E-state index in [9.17, 15) is 4.79 Å². The molecule has 0 aliphatic heterocycles. The van der Waals surface area contributed by atoms with E-state index in [0.717, 1.165) is 11.1 Å². The van der Waals surface area contributed by atoms with Crippen LogP contribution >= 0.6 is 0 Å². The smallest absolute Gasteiger partial charge is 0.141 e. The van der Waals surface area contributed by atoms with Crippen molar-refractivity contribution in [3.05, 3.63) is 65.2 Å². The molecule has 0 saturated heterocycles. The lowest BCUT2D eigenvalue weighted by Crippen LogP contribution is -2.09. The average Bonchev–Trinajstić information content (AvgIpc) is 2.28. The minimum absolute atomic E-state index is 0.270. The summed E-state index contributed by atoms with van der Waals surface area (Å²) in [4.78, 5) is 12.0. The molecule has 2 heteroatoms. The largest absolute Gasteiger partial charge is 0.299 e. The van der Waals surface area contributed by atoms with Crippen LogP contribution in [0.5, 0.6) is 0 Å². The number of Topliss-reactive ketones (excluding diaryl/α,β-unsaturated/α-hetero) is 1. The van der Waals surface area contributed by atoms with Gasteiger partial charge in [0.05, 0.1) is 0 Å². The summed E-state index contributed by atoms with van der Waals surface area (Å²) in [5.74, 6) is 0.270. The van der Waals surface area contributed by atoms with E-state index in [0.29, 0.717) is 12.8 Å². The molecule has 0 bridgehead atoms. The fourth-order valence-electron chi connectivity index (χ4n) is 2.16. The van der Waals surface area contributed by atoms with Crippen molar-refractivity contribution in [3.8, 4) is 0 Å². The second kappa shape index (κ2) is 5.68. The van der Waals surface area contributed by atoms with E-state index < -0.39 is 0 Å². The molecule has 1 nitrogen and oxygen atoms in total. The van der Waals surface area contributed by atoms with Gasteiger partial charge in [0.1, 0.15) is 13.6 Å². The molecule has 0 N–H and O–H groups in total. The summed E-state index contributed by atoms with van der Waals surface area (Å²) in [6.45, 7) is 2.05. The maximum atomic E-state index is 12.0. The number of hydrogen-bond acceptors (Lipinski definition) is 1. The molecular formula is C16H17BO. The lowest BCUT2D eigenvalue weighted by Gasteiger charge is -2.04. The molecule has 2 rings (SSSR count). The van der Waals surface area contributed by atoms with Crippen LogP contribution < -0.4 is 5.46 Å². The predicted octanol–water partition coefficient (Wildman–Crippen LogP) is 1.61. The van der Waals surface area contributed by atoms with Crippen molar-refractivity contribution in [1.82, 2.24) is 0 Å². The first kappa shape index (κ1) is 12.6. The minimum Gasteiger partial charge on any atom is -0.299 e.